The number of primary amides is 1. The molecule has 8 heavy (non-hydrogen) atoms. The van der Waals surface area contributed by atoms with E-state index in [0.717, 1.165) is 5.06 Å². The van der Waals surface area contributed by atoms with Gasteiger partial charge in [0.15, 0.2) is 0 Å². The second-order valence-corrected chi connectivity index (χ2v) is 1.25. The van der Waals surface area contributed by atoms with Gasteiger partial charge in [-0.3, -0.25) is 4.84 Å². The maximum absolute atomic E-state index is 10.1. The Morgan fingerprint density at radius 3 is 2.50 bits per heavy atom. The summed E-state index contributed by atoms with van der Waals surface area (Å²) in [5.74, 6) is 0. The van der Waals surface area contributed by atoms with Crippen molar-refractivity contribution in [3.8, 4) is 0 Å². The molecule has 0 aliphatic carbocycles. The fourth-order valence-corrected chi connectivity index (χ4v) is 0.257. The van der Waals surface area contributed by atoms with Gasteiger partial charge in [-0.2, -0.15) is 0 Å². The quantitative estimate of drug-likeness (QED) is 0.517. The highest BCUT2D eigenvalue weighted by Gasteiger charge is 1.98. The number of hydroxylamine groups is 2. The van der Waals surface area contributed by atoms with E-state index in [9.17, 15) is 4.79 Å². The molecule has 4 nitrogen and oxygen atoms in total. The van der Waals surface area contributed by atoms with Gasteiger partial charge in [-0.1, -0.05) is 0 Å². The number of carbonyl (C=O) groups is 1. The summed E-state index contributed by atoms with van der Waals surface area (Å²) in [4.78, 5) is 14.8. The molecule has 0 rings (SSSR count). The molecule has 0 aromatic rings. The van der Waals surface area contributed by atoms with Gasteiger partial charge in [-0.05, 0) is 6.92 Å². The van der Waals surface area contributed by atoms with E-state index < -0.39 is 6.03 Å². The number of nitrogens with two attached hydrogens (primary N) is 1. The van der Waals surface area contributed by atoms with E-state index in [1.54, 1.807) is 6.92 Å². The standard InChI is InChI=1S/C4H10N2O2/c1-3-8-6(2)4(5)7/h3H2,1-2H3,(H2,5,7). The smallest absolute Gasteiger partial charge is 0.338 e. The third kappa shape index (κ3) is 2.41. The van der Waals surface area contributed by atoms with Crippen LogP contribution in [0.25, 0.3) is 0 Å². The van der Waals surface area contributed by atoms with Crippen LogP contribution >= 0.6 is 0 Å². The topological polar surface area (TPSA) is 55.6 Å². The molecule has 0 saturated carbocycles. The first kappa shape index (κ1) is 7.23. The highest BCUT2D eigenvalue weighted by atomic mass is 16.7. The Balaban J connectivity index is 3.32. The molecule has 0 unspecified atom stereocenters. The minimum atomic E-state index is -0.577. The van der Waals surface area contributed by atoms with Crippen molar-refractivity contribution in [2.45, 2.75) is 6.92 Å². The van der Waals surface area contributed by atoms with Gasteiger partial charge in [0.25, 0.3) is 0 Å². The Bertz CT molecular complexity index is 84.1. The molecular formula is C4H10N2O2. The van der Waals surface area contributed by atoms with Crippen LogP contribution in [-0.4, -0.2) is 24.7 Å². The van der Waals surface area contributed by atoms with E-state index >= 15 is 0 Å². The number of hydrogen-bond acceptors (Lipinski definition) is 2. The molecule has 0 saturated heterocycles. The Kier molecular flexibility index (Phi) is 2.95. The summed E-state index contributed by atoms with van der Waals surface area (Å²) in [6, 6.07) is -0.577. The van der Waals surface area contributed by atoms with Crippen molar-refractivity contribution in [3.05, 3.63) is 0 Å². The Morgan fingerprint density at radius 2 is 2.38 bits per heavy atom. The SMILES string of the molecule is CCON(C)C(N)=O. The maximum atomic E-state index is 10.1. The normalized spacial score (nSPS) is 8.75. The van der Waals surface area contributed by atoms with Crippen LogP contribution in [0.4, 0.5) is 4.79 Å². The number of amides is 2. The summed E-state index contributed by atoms with van der Waals surface area (Å²) >= 11 is 0. The average Bonchev–Trinajstić information content (AvgIpc) is 1.67. The van der Waals surface area contributed by atoms with Crippen LogP contribution in [0, 0.1) is 0 Å². The lowest BCUT2D eigenvalue weighted by Gasteiger charge is -2.10. The lowest BCUT2D eigenvalue weighted by atomic mass is 10.9. The van der Waals surface area contributed by atoms with E-state index in [2.05, 4.69) is 4.84 Å². The summed E-state index contributed by atoms with van der Waals surface area (Å²) in [7, 11) is 1.46. The molecule has 0 aromatic carbocycles. The summed E-state index contributed by atoms with van der Waals surface area (Å²) in [5, 5.41) is 0.986. The molecule has 48 valence electrons. The van der Waals surface area contributed by atoms with Crippen molar-refractivity contribution < 1.29 is 9.63 Å². The maximum Gasteiger partial charge on any atom is 0.338 e. The van der Waals surface area contributed by atoms with Gasteiger partial charge in [0.2, 0.25) is 0 Å². The van der Waals surface area contributed by atoms with Crippen LogP contribution in [0.2, 0.25) is 0 Å². The lowest BCUT2D eigenvalue weighted by molar-refractivity contribution is -0.0894. The molecule has 4 heteroatoms. The van der Waals surface area contributed by atoms with Gasteiger partial charge >= 0.3 is 6.03 Å². The van der Waals surface area contributed by atoms with E-state index in [-0.39, 0.29) is 0 Å². The molecule has 0 heterocycles. The molecule has 0 atom stereocenters. The predicted octanol–water partition coefficient (Wildman–Crippen LogP) is -0.0516. The van der Waals surface area contributed by atoms with Crippen LogP contribution in [-0.2, 0) is 4.84 Å². The fraction of sp³-hybridized carbons (Fsp3) is 0.750. The molecule has 2 amide bonds. The minimum absolute atomic E-state index is 0.458. The summed E-state index contributed by atoms with van der Waals surface area (Å²) in [5.41, 5.74) is 4.78. The van der Waals surface area contributed by atoms with Crippen LogP contribution in [0.3, 0.4) is 0 Å². The second-order valence-electron chi connectivity index (χ2n) is 1.25. The van der Waals surface area contributed by atoms with Crippen molar-refractivity contribution in [2.75, 3.05) is 13.7 Å². The van der Waals surface area contributed by atoms with Crippen molar-refractivity contribution in [1.82, 2.24) is 5.06 Å². The Labute approximate surface area is 48.2 Å². The number of urea groups is 1. The first-order valence-electron chi connectivity index (χ1n) is 2.34. The zero-order valence-corrected chi connectivity index (χ0v) is 5.05. The van der Waals surface area contributed by atoms with Gasteiger partial charge in [-0.15, -0.1) is 0 Å². The first-order valence-corrected chi connectivity index (χ1v) is 2.34. The molecule has 0 spiro atoms. The van der Waals surface area contributed by atoms with Gasteiger partial charge in [-0.25, -0.2) is 9.86 Å². The first-order chi connectivity index (χ1) is 3.68. The third-order valence-corrected chi connectivity index (χ3v) is 0.633. The van der Waals surface area contributed by atoms with E-state index in [1.165, 1.54) is 7.05 Å². The summed E-state index contributed by atoms with van der Waals surface area (Å²) < 4.78 is 0. The van der Waals surface area contributed by atoms with Gasteiger partial charge in [0.05, 0.1) is 6.61 Å². The van der Waals surface area contributed by atoms with Crippen LogP contribution in [0.5, 0.6) is 0 Å². The molecule has 0 aromatic heterocycles. The number of nitrogens with zero attached hydrogens (tertiary/aromatic N) is 1. The van der Waals surface area contributed by atoms with Crippen molar-refractivity contribution in [1.29, 1.82) is 0 Å². The molecule has 0 aliphatic rings. The van der Waals surface area contributed by atoms with E-state index in [4.69, 9.17) is 5.73 Å². The van der Waals surface area contributed by atoms with Gasteiger partial charge in [0.1, 0.15) is 0 Å². The number of carbonyl (C=O) groups excluding carboxylic acids is 1. The van der Waals surface area contributed by atoms with Crippen LogP contribution in [0.1, 0.15) is 6.92 Å². The zero-order chi connectivity index (χ0) is 6.57. The zero-order valence-electron chi connectivity index (χ0n) is 5.05. The molecule has 0 aliphatic heterocycles. The lowest BCUT2D eigenvalue weighted by Crippen LogP contribution is -2.31. The fourth-order valence-electron chi connectivity index (χ4n) is 0.257. The predicted molar refractivity (Wildman–Crippen MR) is 29.0 cm³/mol. The molecular weight excluding hydrogens is 108 g/mol. The van der Waals surface area contributed by atoms with Gasteiger partial charge in [0, 0.05) is 7.05 Å². The minimum Gasteiger partial charge on any atom is -0.350 e. The highest BCUT2D eigenvalue weighted by Crippen LogP contribution is 1.80. The van der Waals surface area contributed by atoms with Gasteiger partial charge < -0.3 is 5.73 Å². The third-order valence-electron chi connectivity index (χ3n) is 0.633. The highest BCUT2D eigenvalue weighted by molar-refractivity contribution is 5.70. The number of rotatable bonds is 2. The van der Waals surface area contributed by atoms with Crippen LogP contribution < -0.4 is 5.73 Å². The van der Waals surface area contributed by atoms with Crippen molar-refractivity contribution >= 4 is 6.03 Å². The number of hydrogen-bond donors (Lipinski definition) is 1. The average molecular weight is 118 g/mol. The second kappa shape index (κ2) is 3.26. The monoisotopic (exact) mass is 118 g/mol. The largest absolute Gasteiger partial charge is 0.350 e. The molecule has 0 fully saturated rings. The molecule has 0 radical (unpaired) electrons. The van der Waals surface area contributed by atoms with Crippen molar-refractivity contribution in [2.24, 2.45) is 5.73 Å². The van der Waals surface area contributed by atoms with E-state index in [0.29, 0.717) is 6.61 Å². The van der Waals surface area contributed by atoms with Crippen molar-refractivity contribution in [3.63, 3.8) is 0 Å². The molecule has 0 bridgehead atoms. The van der Waals surface area contributed by atoms with Crippen LogP contribution in [0.15, 0.2) is 0 Å². The Morgan fingerprint density at radius 1 is 1.88 bits per heavy atom. The molecule has 2 N–H and O–H groups in total. The summed E-state index contributed by atoms with van der Waals surface area (Å²) in [6.45, 7) is 2.24. The van der Waals surface area contributed by atoms with E-state index in [1.807, 2.05) is 0 Å². The Hall–Kier alpha value is -0.770. The summed E-state index contributed by atoms with van der Waals surface area (Å²) in [6.07, 6.45) is 0.